The molecule has 0 amide bonds. The third-order valence-corrected chi connectivity index (χ3v) is 2.36. The summed E-state index contributed by atoms with van der Waals surface area (Å²) in [5, 5.41) is 3.38. The molecule has 0 aromatic heterocycles. The minimum absolute atomic E-state index is 0.145. The van der Waals surface area contributed by atoms with Crippen molar-refractivity contribution in [2.75, 3.05) is 6.54 Å². The summed E-state index contributed by atoms with van der Waals surface area (Å²) in [6.45, 7) is 5.20. The molecule has 1 aromatic rings. The fourth-order valence-corrected chi connectivity index (χ4v) is 1.60. The molecule has 0 saturated heterocycles. The van der Waals surface area contributed by atoms with Crippen LogP contribution >= 0.6 is 0 Å². The van der Waals surface area contributed by atoms with Crippen LogP contribution < -0.4 is 5.32 Å². The van der Waals surface area contributed by atoms with Gasteiger partial charge in [0.25, 0.3) is 0 Å². The van der Waals surface area contributed by atoms with Gasteiger partial charge in [0, 0.05) is 6.04 Å². The van der Waals surface area contributed by atoms with Gasteiger partial charge in [0.05, 0.1) is 0 Å². The number of rotatable bonds is 5. The predicted octanol–water partition coefficient (Wildman–Crippen LogP) is 2.76. The Morgan fingerprint density at radius 3 is 2.71 bits per heavy atom. The van der Waals surface area contributed by atoms with Gasteiger partial charge in [-0.05, 0) is 37.1 Å². The zero-order chi connectivity index (χ0) is 10.4. The smallest absolute Gasteiger partial charge is 0.123 e. The van der Waals surface area contributed by atoms with Gasteiger partial charge in [0.1, 0.15) is 5.82 Å². The maximum absolute atomic E-state index is 12.9. The Hall–Kier alpha value is -0.890. The van der Waals surface area contributed by atoms with Crippen LogP contribution in [0.2, 0.25) is 0 Å². The molecular formula is C12H18FN. The molecule has 0 aliphatic carbocycles. The van der Waals surface area contributed by atoms with Crippen LogP contribution in [0, 0.1) is 5.82 Å². The predicted molar refractivity (Wildman–Crippen MR) is 57.9 cm³/mol. The van der Waals surface area contributed by atoms with E-state index in [-0.39, 0.29) is 5.82 Å². The molecule has 78 valence electrons. The normalized spacial score (nSPS) is 12.8. The van der Waals surface area contributed by atoms with Crippen molar-refractivity contribution in [3.05, 3.63) is 35.6 Å². The van der Waals surface area contributed by atoms with Crippen LogP contribution in [0.5, 0.6) is 0 Å². The molecule has 0 radical (unpaired) electrons. The lowest BCUT2D eigenvalue weighted by Gasteiger charge is -2.15. The van der Waals surface area contributed by atoms with E-state index in [1.807, 2.05) is 6.07 Å². The van der Waals surface area contributed by atoms with E-state index in [0.29, 0.717) is 6.04 Å². The van der Waals surface area contributed by atoms with E-state index in [1.165, 1.54) is 6.07 Å². The second-order valence-electron chi connectivity index (χ2n) is 3.50. The fourth-order valence-electron chi connectivity index (χ4n) is 1.60. The number of nitrogens with one attached hydrogen (secondary N) is 1. The van der Waals surface area contributed by atoms with E-state index < -0.39 is 0 Å². The van der Waals surface area contributed by atoms with Crippen molar-refractivity contribution < 1.29 is 4.39 Å². The number of halogens is 1. The highest BCUT2D eigenvalue weighted by Gasteiger charge is 2.05. The lowest BCUT2D eigenvalue weighted by Crippen LogP contribution is -2.30. The minimum Gasteiger partial charge on any atom is -0.314 e. The van der Waals surface area contributed by atoms with Gasteiger partial charge in [-0.3, -0.25) is 0 Å². The maximum Gasteiger partial charge on any atom is 0.123 e. The molecule has 1 N–H and O–H groups in total. The van der Waals surface area contributed by atoms with E-state index in [2.05, 4.69) is 19.2 Å². The molecule has 0 spiro atoms. The summed E-state index contributed by atoms with van der Waals surface area (Å²) >= 11 is 0. The average Bonchev–Trinajstić information content (AvgIpc) is 2.17. The lowest BCUT2D eigenvalue weighted by molar-refractivity contribution is 0.508. The van der Waals surface area contributed by atoms with Gasteiger partial charge in [-0.2, -0.15) is 0 Å². The molecule has 1 aromatic carbocycles. The first-order valence-electron chi connectivity index (χ1n) is 5.24. The van der Waals surface area contributed by atoms with Gasteiger partial charge in [-0.15, -0.1) is 0 Å². The summed E-state index contributed by atoms with van der Waals surface area (Å²) in [4.78, 5) is 0. The summed E-state index contributed by atoms with van der Waals surface area (Å²) in [6.07, 6.45) is 1.98. The first-order valence-corrected chi connectivity index (χ1v) is 5.24. The van der Waals surface area contributed by atoms with Crippen molar-refractivity contribution in [3.8, 4) is 0 Å². The van der Waals surface area contributed by atoms with Crippen molar-refractivity contribution >= 4 is 0 Å². The summed E-state index contributed by atoms with van der Waals surface area (Å²) in [7, 11) is 0. The Morgan fingerprint density at radius 2 is 2.14 bits per heavy atom. The molecule has 0 aliphatic rings. The standard InChI is InChI=1S/C12H18FN/c1-3-12(14-4-2)9-10-6-5-7-11(13)8-10/h5-8,12,14H,3-4,9H2,1-2H3. The van der Waals surface area contributed by atoms with E-state index in [0.717, 1.165) is 24.9 Å². The molecule has 0 saturated carbocycles. The Balaban J connectivity index is 2.57. The fraction of sp³-hybridized carbons (Fsp3) is 0.500. The monoisotopic (exact) mass is 195 g/mol. The molecule has 0 bridgehead atoms. The summed E-state index contributed by atoms with van der Waals surface area (Å²) in [5.41, 5.74) is 1.07. The molecule has 14 heavy (non-hydrogen) atoms. The molecule has 1 rings (SSSR count). The lowest BCUT2D eigenvalue weighted by atomic mass is 10.0. The van der Waals surface area contributed by atoms with Gasteiger partial charge >= 0.3 is 0 Å². The Labute approximate surface area is 85.3 Å². The van der Waals surface area contributed by atoms with Crippen LogP contribution in [0.4, 0.5) is 4.39 Å². The summed E-state index contributed by atoms with van der Waals surface area (Å²) in [6, 6.07) is 7.30. The van der Waals surface area contributed by atoms with Crippen molar-refractivity contribution in [1.29, 1.82) is 0 Å². The number of benzene rings is 1. The second kappa shape index (κ2) is 5.76. The van der Waals surface area contributed by atoms with Crippen LogP contribution in [-0.2, 0) is 6.42 Å². The van der Waals surface area contributed by atoms with Gasteiger partial charge in [-0.25, -0.2) is 4.39 Å². The molecule has 1 nitrogen and oxygen atoms in total. The van der Waals surface area contributed by atoms with E-state index in [4.69, 9.17) is 0 Å². The highest BCUT2D eigenvalue weighted by atomic mass is 19.1. The zero-order valence-electron chi connectivity index (χ0n) is 8.89. The van der Waals surface area contributed by atoms with Crippen LogP contribution in [0.25, 0.3) is 0 Å². The number of hydrogen-bond donors (Lipinski definition) is 1. The molecule has 1 atom stereocenters. The largest absolute Gasteiger partial charge is 0.314 e. The van der Waals surface area contributed by atoms with E-state index in [1.54, 1.807) is 12.1 Å². The first kappa shape index (κ1) is 11.2. The van der Waals surface area contributed by atoms with Crippen molar-refractivity contribution in [1.82, 2.24) is 5.32 Å². The van der Waals surface area contributed by atoms with E-state index >= 15 is 0 Å². The van der Waals surface area contributed by atoms with Crippen LogP contribution in [0.1, 0.15) is 25.8 Å². The van der Waals surface area contributed by atoms with Gasteiger partial charge in [0.15, 0.2) is 0 Å². The Morgan fingerprint density at radius 1 is 1.36 bits per heavy atom. The number of hydrogen-bond acceptors (Lipinski definition) is 1. The average molecular weight is 195 g/mol. The topological polar surface area (TPSA) is 12.0 Å². The Kier molecular flexibility index (Phi) is 4.60. The van der Waals surface area contributed by atoms with E-state index in [9.17, 15) is 4.39 Å². The van der Waals surface area contributed by atoms with Crippen molar-refractivity contribution in [2.45, 2.75) is 32.7 Å². The third kappa shape index (κ3) is 3.46. The minimum atomic E-state index is -0.145. The van der Waals surface area contributed by atoms with Crippen LogP contribution in [0.15, 0.2) is 24.3 Å². The maximum atomic E-state index is 12.9. The summed E-state index contributed by atoms with van der Waals surface area (Å²) in [5.74, 6) is -0.145. The van der Waals surface area contributed by atoms with Crippen molar-refractivity contribution in [3.63, 3.8) is 0 Å². The Bertz CT molecular complexity index is 273. The van der Waals surface area contributed by atoms with Gasteiger partial charge < -0.3 is 5.32 Å². The summed E-state index contributed by atoms with van der Waals surface area (Å²) < 4.78 is 12.9. The van der Waals surface area contributed by atoms with Gasteiger partial charge in [0.2, 0.25) is 0 Å². The van der Waals surface area contributed by atoms with Gasteiger partial charge in [-0.1, -0.05) is 26.0 Å². The van der Waals surface area contributed by atoms with Crippen molar-refractivity contribution in [2.24, 2.45) is 0 Å². The van der Waals surface area contributed by atoms with Crippen LogP contribution in [0.3, 0.4) is 0 Å². The number of likely N-dealkylation sites (N-methyl/N-ethyl adjacent to an activating group) is 1. The molecule has 2 heteroatoms. The quantitative estimate of drug-likeness (QED) is 0.761. The zero-order valence-corrected chi connectivity index (χ0v) is 8.89. The first-order chi connectivity index (χ1) is 6.76. The highest BCUT2D eigenvalue weighted by molar-refractivity contribution is 5.17. The van der Waals surface area contributed by atoms with Crippen LogP contribution in [-0.4, -0.2) is 12.6 Å². The molecule has 0 fully saturated rings. The molecule has 0 aliphatic heterocycles. The highest BCUT2D eigenvalue weighted by Crippen LogP contribution is 2.08. The molecule has 0 heterocycles. The molecule has 1 unspecified atom stereocenters. The molecular weight excluding hydrogens is 177 g/mol. The second-order valence-corrected chi connectivity index (χ2v) is 3.50. The third-order valence-electron chi connectivity index (χ3n) is 2.36. The SMILES string of the molecule is CCNC(CC)Cc1cccc(F)c1.